The van der Waals surface area contributed by atoms with Crippen molar-refractivity contribution in [2.45, 2.75) is 31.9 Å². The summed E-state index contributed by atoms with van der Waals surface area (Å²) in [5.74, 6) is 0.610. The summed E-state index contributed by atoms with van der Waals surface area (Å²) in [5, 5.41) is 3.03. The molecule has 0 unspecified atom stereocenters. The topological polar surface area (TPSA) is 12.0 Å². The number of rotatable bonds is 6. The zero-order valence-electron chi connectivity index (χ0n) is 7.96. The summed E-state index contributed by atoms with van der Waals surface area (Å²) in [6, 6.07) is 0. The Morgan fingerprint density at radius 3 is 2.36 bits per heavy atom. The molecule has 0 aliphatic heterocycles. The molecule has 1 saturated carbocycles. The second-order valence-corrected chi connectivity index (χ2v) is 4.30. The van der Waals surface area contributed by atoms with Crippen LogP contribution >= 0.6 is 11.6 Å². The van der Waals surface area contributed by atoms with Crippen LogP contribution in [0.2, 0.25) is 0 Å². The van der Waals surface area contributed by atoms with Gasteiger partial charge in [0.2, 0.25) is 0 Å². The minimum absolute atomic E-state index is 0.155. The molecule has 1 rings (SSSR count). The van der Waals surface area contributed by atoms with Crippen molar-refractivity contribution < 1.29 is 13.2 Å². The molecule has 0 spiro atoms. The smallest absolute Gasteiger partial charge is 0.316 e. The first-order valence-corrected chi connectivity index (χ1v) is 5.34. The van der Waals surface area contributed by atoms with Crippen LogP contribution in [0.25, 0.3) is 0 Å². The third-order valence-electron chi connectivity index (χ3n) is 2.55. The maximum Gasteiger partial charge on any atom is 0.389 e. The normalized spacial score (nSPS) is 19.7. The largest absolute Gasteiger partial charge is 0.389 e. The summed E-state index contributed by atoms with van der Waals surface area (Å²) in [6.07, 6.45) is -2.37. The molecule has 1 N–H and O–H groups in total. The van der Waals surface area contributed by atoms with E-state index in [0.29, 0.717) is 12.4 Å². The van der Waals surface area contributed by atoms with Crippen LogP contribution in [0, 0.1) is 5.41 Å². The van der Waals surface area contributed by atoms with E-state index in [0.717, 1.165) is 19.4 Å². The van der Waals surface area contributed by atoms with Crippen LogP contribution in [0.5, 0.6) is 0 Å². The van der Waals surface area contributed by atoms with Gasteiger partial charge in [0.05, 0.1) is 0 Å². The van der Waals surface area contributed by atoms with Crippen LogP contribution in [-0.2, 0) is 0 Å². The summed E-state index contributed by atoms with van der Waals surface area (Å²) >= 11 is 5.72. The maximum absolute atomic E-state index is 11.7. The summed E-state index contributed by atoms with van der Waals surface area (Å²) in [7, 11) is 0. The van der Waals surface area contributed by atoms with Crippen LogP contribution in [0.15, 0.2) is 0 Å². The molecule has 0 aromatic carbocycles. The van der Waals surface area contributed by atoms with Crippen LogP contribution < -0.4 is 5.32 Å². The van der Waals surface area contributed by atoms with Crippen LogP contribution in [0.4, 0.5) is 13.2 Å². The first-order chi connectivity index (χ1) is 6.47. The highest BCUT2D eigenvalue weighted by atomic mass is 35.5. The molecule has 0 saturated heterocycles. The Balaban J connectivity index is 1.95. The van der Waals surface area contributed by atoms with Gasteiger partial charge in [0, 0.05) is 18.8 Å². The lowest BCUT2D eigenvalue weighted by Gasteiger charge is -2.12. The molecule has 5 heteroatoms. The van der Waals surface area contributed by atoms with Gasteiger partial charge < -0.3 is 5.32 Å². The van der Waals surface area contributed by atoms with Gasteiger partial charge in [0.15, 0.2) is 0 Å². The molecular formula is C9H15ClF3N. The number of hydrogen-bond acceptors (Lipinski definition) is 1. The highest BCUT2D eigenvalue weighted by molar-refractivity contribution is 6.18. The third kappa shape index (κ3) is 4.51. The number of alkyl halides is 4. The lowest BCUT2D eigenvalue weighted by Crippen LogP contribution is -2.26. The van der Waals surface area contributed by atoms with E-state index < -0.39 is 12.6 Å². The second-order valence-electron chi connectivity index (χ2n) is 4.03. The maximum atomic E-state index is 11.7. The van der Waals surface area contributed by atoms with Crippen molar-refractivity contribution in [3.8, 4) is 0 Å². The SMILES string of the molecule is FC(F)(F)CCCNCC1(CCl)CC1. The molecule has 0 bridgehead atoms. The lowest BCUT2D eigenvalue weighted by molar-refractivity contribution is -0.135. The Bertz CT molecular complexity index is 177. The molecule has 0 heterocycles. The standard InChI is InChI=1S/C9H15ClF3N/c10-6-8(3-4-8)7-14-5-1-2-9(11,12)13/h14H,1-7H2. The minimum atomic E-state index is -4.02. The van der Waals surface area contributed by atoms with E-state index in [1.165, 1.54) is 0 Å². The predicted octanol–water partition coefficient (Wildman–Crippen LogP) is 2.94. The molecule has 0 radical (unpaired) electrons. The molecule has 0 atom stereocenters. The fraction of sp³-hybridized carbons (Fsp3) is 1.00. The third-order valence-corrected chi connectivity index (χ3v) is 3.12. The van der Waals surface area contributed by atoms with Gasteiger partial charge in [-0.1, -0.05) is 0 Å². The van der Waals surface area contributed by atoms with E-state index in [1.807, 2.05) is 0 Å². The molecule has 1 nitrogen and oxygen atoms in total. The van der Waals surface area contributed by atoms with Gasteiger partial charge in [-0.3, -0.25) is 0 Å². The molecular weight excluding hydrogens is 215 g/mol. The molecule has 14 heavy (non-hydrogen) atoms. The van der Waals surface area contributed by atoms with E-state index in [4.69, 9.17) is 11.6 Å². The van der Waals surface area contributed by atoms with E-state index in [-0.39, 0.29) is 11.8 Å². The summed E-state index contributed by atoms with van der Waals surface area (Å²) in [5.41, 5.74) is 0.194. The Hall–Kier alpha value is 0.0400. The number of halogens is 4. The van der Waals surface area contributed by atoms with Gasteiger partial charge in [-0.05, 0) is 31.2 Å². The highest BCUT2D eigenvalue weighted by Crippen LogP contribution is 2.45. The van der Waals surface area contributed by atoms with E-state index in [9.17, 15) is 13.2 Å². The highest BCUT2D eigenvalue weighted by Gasteiger charge is 2.41. The van der Waals surface area contributed by atoms with Crippen molar-refractivity contribution in [3.05, 3.63) is 0 Å². The fourth-order valence-corrected chi connectivity index (χ4v) is 1.66. The van der Waals surface area contributed by atoms with Gasteiger partial charge >= 0.3 is 6.18 Å². The average Bonchev–Trinajstić information content (AvgIpc) is 2.83. The second kappa shape index (κ2) is 4.71. The molecule has 0 aromatic rings. The quantitative estimate of drug-likeness (QED) is 0.546. The lowest BCUT2D eigenvalue weighted by atomic mass is 10.1. The first-order valence-electron chi connectivity index (χ1n) is 4.81. The Morgan fingerprint density at radius 2 is 1.93 bits per heavy atom. The summed E-state index contributed by atoms with van der Waals surface area (Å²) < 4.78 is 35.2. The fourth-order valence-electron chi connectivity index (χ4n) is 1.30. The van der Waals surface area contributed by atoms with Crippen molar-refractivity contribution >= 4 is 11.6 Å². The number of nitrogens with one attached hydrogen (secondary N) is 1. The Kier molecular flexibility index (Phi) is 4.07. The zero-order chi connectivity index (χ0) is 10.7. The van der Waals surface area contributed by atoms with Crippen LogP contribution in [0.3, 0.4) is 0 Å². The summed E-state index contributed by atoms with van der Waals surface area (Å²) in [4.78, 5) is 0. The van der Waals surface area contributed by atoms with Gasteiger partial charge in [0.25, 0.3) is 0 Å². The van der Waals surface area contributed by atoms with Crippen molar-refractivity contribution in [1.82, 2.24) is 5.32 Å². The van der Waals surface area contributed by atoms with Crippen molar-refractivity contribution in [3.63, 3.8) is 0 Å². The molecule has 1 fully saturated rings. The predicted molar refractivity (Wildman–Crippen MR) is 50.5 cm³/mol. The Labute approximate surface area is 87.0 Å². The molecule has 0 aromatic heterocycles. The van der Waals surface area contributed by atoms with Crippen molar-refractivity contribution in [1.29, 1.82) is 0 Å². The zero-order valence-corrected chi connectivity index (χ0v) is 8.72. The van der Waals surface area contributed by atoms with Crippen molar-refractivity contribution in [2.75, 3.05) is 19.0 Å². The minimum Gasteiger partial charge on any atom is -0.316 e. The van der Waals surface area contributed by atoms with Gasteiger partial charge in [0.1, 0.15) is 0 Å². The monoisotopic (exact) mass is 229 g/mol. The van der Waals surface area contributed by atoms with Gasteiger partial charge in [-0.25, -0.2) is 0 Å². The van der Waals surface area contributed by atoms with Crippen LogP contribution in [0.1, 0.15) is 25.7 Å². The molecule has 1 aliphatic rings. The van der Waals surface area contributed by atoms with Gasteiger partial charge in [-0.15, -0.1) is 11.6 Å². The van der Waals surface area contributed by atoms with Gasteiger partial charge in [-0.2, -0.15) is 13.2 Å². The van der Waals surface area contributed by atoms with E-state index in [1.54, 1.807) is 0 Å². The van der Waals surface area contributed by atoms with E-state index >= 15 is 0 Å². The molecule has 84 valence electrons. The summed E-state index contributed by atoms with van der Waals surface area (Å²) in [6.45, 7) is 1.19. The molecule has 1 aliphatic carbocycles. The average molecular weight is 230 g/mol. The molecule has 0 amide bonds. The Morgan fingerprint density at radius 1 is 1.29 bits per heavy atom. The van der Waals surface area contributed by atoms with Crippen LogP contribution in [-0.4, -0.2) is 25.1 Å². The first kappa shape index (κ1) is 12.1. The number of hydrogen-bond donors (Lipinski definition) is 1. The van der Waals surface area contributed by atoms with E-state index in [2.05, 4.69) is 5.32 Å². The van der Waals surface area contributed by atoms with Crippen molar-refractivity contribution in [2.24, 2.45) is 5.41 Å².